The van der Waals surface area contributed by atoms with E-state index in [0.29, 0.717) is 0 Å². The van der Waals surface area contributed by atoms with Gasteiger partial charge < -0.3 is 24.5 Å². The van der Waals surface area contributed by atoms with Crippen LogP contribution in [0, 0.1) is 17.6 Å². The molecular formula is C26H36F2N4O5. The van der Waals surface area contributed by atoms with E-state index in [4.69, 9.17) is 9.47 Å². The first-order chi connectivity index (χ1) is 17.1. The largest absolute Gasteiger partial charge is 0.444 e. The minimum absolute atomic E-state index is 0.0714. The highest BCUT2D eigenvalue weighted by Crippen LogP contribution is 2.39. The molecule has 0 radical (unpaired) electrons. The molecule has 204 valence electrons. The number of aromatic amines is 1. The Morgan fingerprint density at radius 1 is 1.08 bits per heavy atom. The number of aromatic nitrogens is 2. The van der Waals surface area contributed by atoms with Gasteiger partial charge in [0.25, 0.3) is 0 Å². The van der Waals surface area contributed by atoms with E-state index in [1.54, 1.807) is 48.6 Å². The van der Waals surface area contributed by atoms with Crippen LogP contribution in [0.5, 0.6) is 0 Å². The van der Waals surface area contributed by atoms with E-state index < -0.39 is 47.1 Å². The van der Waals surface area contributed by atoms with Gasteiger partial charge in [0, 0.05) is 20.2 Å². The van der Waals surface area contributed by atoms with E-state index in [0.717, 1.165) is 0 Å². The minimum atomic E-state index is -0.771. The number of amides is 2. The van der Waals surface area contributed by atoms with Gasteiger partial charge in [-0.3, -0.25) is 4.90 Å². The maximum Gasteiger partial charge on any atom is 0.410 e. The minimum Gasteiger partial charge on any atom is -0.444 e. The Labute approximate surface area is 215 Å². The maximum atomic E-state index is 15.4. The molecule has 4 rings (SSSR count). The zero-order valence-electron chi connectivity index (χ0n) is 22.4. The van der Waals surface area contributed by atoms with E-state index in [2.05, 4.69) is 9.97 Å². The van der Waals surface area contributed by atoms with Gasteiger partial charge in [0.05, 0.1) is 12.1 Å². The van der Waals surface area contributed by atoms with E-state index in [1.807, 2.05) is 0 Å². The summed E-state index contributed by atoms with van der Waals surface area (Å²) in [5, 5.41) is 9.47. The number of nitrogens with one attached hydrogen (secondary N) is 1. The molecule has 0 bridgehead atoms. The Kier molecular flexibility index (Phi) is 6.89. The van der Waals surface area contributed by atoms with Crippen molar-refractivity contribution in [2.24, 2.45) is 5.92 Å². The van der Waals surface area contributed by atoms with Crippen molar-refractivity contribution in [3.8, 4) is 0 Å². The quantitative estimate of drug-likeness (QED) is 0.616. The number of benzene rings is 1. The SMILES string of the molecule is CN(C(=O)OC(C)(C)C)[C@@H]1C[C@@H](c2nc3c(F)c4c(c(F)c3[nH]2)CC(CO)C4)N(C(=O)OC(C)(C)C)C1. The lowest BCUT2D eigenvalue weighted by molar-refractivity contribution is 0.0157. The van der Waals surface area contributed by atoms with E-state index in [-0.39, 0.29) is 66.3 Å². The van der Waals surface area contributed by atoms with Crippen LogP contribution in [0.25, 0.3) is 11.0 Å². The number of hydrogen-bond acceptors (Lipinski definition) is 6. The Balaban J connectivity index is 1.70. The molecule has 1 aliphatic carbocycles. The molecule has 11 heteroatoms. The lowest BCUT2D eigenvalue weighted by Gasteiger charge is -2.29. The molecule has 3 atom stereocenters. The fourth-order valence-corrected chi connectivity index (χ4v) is 4.99. The summed E-state index contributed by atoms with van der Waals surface area (Å²) in [6.45, 7) is 10.5. The third kappa shape index (κ3) is 5.37. The number of H-pyrrole nitrogens is 1. The zero-order chi connectivity index (χ0) is 27.4. The fourth-order valence-electron chi connectivity index (χ4n) is 4.99. The number of aliphatic hydroxyl groups is 1. The topological polar surface area (TPSA) is 108 Å². The second-order valence-corrected chi connectivity index (χ2v) is 12.0. The van der Waals surface area contributed by atoms with Crippen LogP contribution in [-0.4, -0.2) is 74.5 Å². The lowest BCUT2D eigenvalue weighted by atomic mass is 10.1. The Bertz CT molecular complexity index is 1170. The zero-order valence-corrected chi connectivity index (χ0v) is 22.4. The second kappa shape index (κ2) is 9.41. The van der Waals surface area contributed by atoms with Crippen LogP contribution in [0.4, 0.5) is 18.4 Å². The van der Waals surface area contributed by atoms with Crippen molar-refractivity contribution in [3.63, 3.8) is 0 Å². The third-order valence-corrected chi connectivity index (χ3v) is 6.74. The molecule has 1 saturated heterocycles. The van der Waals surface area contributed by atoms with Gasteiger partial charge >= 0.3 is 12.2 Å². The van der Waals surface area contributed by atoms with Crippen molar-refractivity contribution in [2.75, 3.05) is 20.2 Å². The maximum absolute atomic E-state index is 15.4. The van der Waals surface area contributed by atoms with Crippen LogP contribution >= 0.6 is 0 Å². The van der Waals surface area contributed by atoms with Gasteiger partial charge in [-0.05, 0) is 77.8 Å². The van der Waals surface area contributed by atoms with Crippen molar-refractivity contribution in [1.29, 1.82) is 0 Å². The summed E-state index contributed by atoms with van der Waals surface area (Å²) in [6, 6.07) is -1.15. The number of rotatable bonds is 3. The van der Waals surface area contributed by atoms with Gasteiger partial charge in [-0.1, -0.05) is 0 Å². The average Bonchev–Trinajstić information content (AvgIpc) is 3.50. The van der Waals surface area contributed by atoms with Crippen LogP contribution in [0.2, 0.25) is 0 Å². The summed E-state index contributed by atoms with van der Waals surface area (Å²) in [7, 11) is 1.59. The molecule has 1 unspecified atom stereocenters. The molecule has 37 heavy (non-hydrogen) atoms. The number of hydrogen-bond donors (Lipinski definition) is 2. The summed E-state index contributed by atoms with van der Waals surface area (Å²) >= 11 is 0. The lowest BCUT2D eigenvalue weighted by Crippen LogP contribution is -2.43. The van der Waals surface area contributed by atoms with Crippen LogP contribution < -0.4 is 0 Å². The summed E-state index contributed by atoms with van der Waals surface area (Å²) in [6.07, 6.45) is -0.409. The highest BCUT2D eigenvalue weighted by molar-refractivity contribution is 5.80. The molecule has 0 spiro atoms. The van der Waals surface area contributed by atoms with Gasteiger partial charge in [0.2, 0.25) is 0 Å². The standard InChI is InChI=1S/C26H36F2N4O5/c1-25(2,3)36-23(34)31(7)14-10-17(32(11-14)24(35)37-26(4,5)6)22-29-20-18(27)15-8-13(12-33)9-16(15)19(28)21(20)30-22/h13-14,17,33H,8-12H2,1-7H3,(H,29,30)/t14-,17+/m1/s1. The summed E-state index contributed by atoms with van der Waals surface area (Å²) < 4.78 is 41.9. The number of carbonyl (C=O) groups excluding carboxylic acids is 2. The van der Waals surface area contributed by atoms with Gasteiger partial charge in [0.15, 0.2) is 11.6 Å². The number of ether oxygens (including phenoxy) is 2. The third-order valence-electron chi connectivity index (χ3n) is 6.74. The molecule has 1 fully saturated rings. The van der Waals surface area contributed by atoms with Crippen LogP contribution in [-0.2, 0) is 22.3 Å². The van der Waals surface area contributed by atoms with Crippen molar-refractivity contribution in [3.05, 3.63) is 28.6 Å². The first kappa shape index (κ1) is 27.1. The average molecular weight is 523 g/mol. The Hall–Kier alpha value is -2.95. The second-order valence-electron chi connectivity index (χ2n) is 12.0. The van der Waals surface area contributed by atoms with Crippen LogP contribution in [0.1, 0.15) is 71.0 Å². The van der Waals surface area contributed by atoms with E-state index in [1.165, 1.54) is 9.80 Å². The normalized spacial score (nSPS) is 20.4. The fraction of sp³-hybridized carbons (Fsp3) is 0.654. The molecule has 9 nitrogen and oxygen atoms in total. The van der Waals surface area contributed by atoms with Crippen LogP contribution in [0.15, 0.2) is 0 Å². The molecule has 2 aliphatic rings. The van der Waals surface area contributed by atoms with Crippen molar-refractivity contribution < 1.29 is 33.0 Å². The number of fused-ring (bicyclic) bond motifs is 2. The van der Waals surface area contributed by atoms with Crippen molar-refractivity contribution >= 4 is 23.2 Å². The Morgan fingerprint density at radius 2 is 1.68 bits per heavy atom. The number of likely N-dealkylation sites (N-methyl/N-ethyl adjacent to an activating group) is 1. The first-order valence-corrected chi connectivity index (χ1v) is 12.5. The summed E-state index contributed by atoms with van der Waals surface area (Å²) in [5.74, 6) is -1.23. The molecule has 2 aromatic rings. The summed E-state index contributed by atoms with van der Waals surface area (Å²) in [5.41, 5.74) is -1.20. The number of aliphatic hydroxyl groups excluding tert-OH is 1. The molecule has 1 aromatic carbocycles. The van der Waals surface area contributed by atoms with Gasteiger partial charge in [-0.15, -0.1) is 0 Å². The molecule has 2 N–H and O–H groups in total. The highest BCUT2D eigenvalue weighted by Gasteiger charge is 2.43. The number of carbonyl (C=O) groups is 2. The van der Waals surface area contributed by atoms with Crippen LogP contribution in [0.3, 0.4) is 0 Å². The predicted octanol–water partition coefficient (Wildman–Crippen LogP) is 4.47. The highest BCUT2D eigenvalue weighted by atomic mass is 19.1. The van der Waals surface area contributed by atoms with Gasteiger partial charge in [-0.2, -0.15) is 0 Å². The molecule has 1 aliphatic heterocycles. The van der Waals surface area contributed by atoms with Crippen molar-refractivity contribution in [2.45, 2.75) is 84.1 Å². The predicted molar refractivity (Wildman–Crippen MR) is 132 cm³/mol. The summed E-state index contributed by atoms with van der Waals surface area (Å²) in [4.78, 5) is 36.0. The number of imidazole rings is 1. The van der Waals surface area contributed by atoms with E-state index in [9.17, 15) is 14.7 Å². The number of likely N-dealkylation sites (tertiary alicyclic amines) is 1. The number of nitrogens with zero attached hydrogens (tertiary/aromatic N) is 3. The molecule has 0 saturated carbocycles. The van der Waals surface area contributed by atoms with Gasteiger partial charge in [-0.25, -0.2) is 23.4 Å². The molecule has 2 heterocycles. The van der Waals surface area contributed by atoms with Crippen molar-refractivity contribution in [1.82, 2.24) is 19.8 Å². The number of halogens is 2. The smallest absolute Gasteiger partial charge is 0.410 e. The van der Waals surface area contributed by atoms with E-state index >= 15 is 8.78 Å². The molecule has 2 amide bonds. The first-order valence-electron chi connectivity index (χ1n) is 12.5. The Morgan fingerprint density at radius 3 is 2.24 bits per heavy atom. The van der Waals surface area contributed by atoms with Gasteiger partial charge in [0.1, 0.15) is 28.1 Å². The monoisotopic (exact) mass is 522 g/mol. The molecule has 1 aromatic heterocycles. The molecular weight excluding hydrogens is 486 g/mol.